The Kier molecular flexibility index (Phi) is 6.67. The van der Waals surface area contributed by atoms with Gasteiger partial charge in [0, 0.05) is 43.2 Å². The first kappa shape index (κ1) is 25.6. The average molecular weight is 552 g/mol. The SMILES string of the molecule is Cc1cnc(-c2ccc(Nc3cc(Cl)nc4c3[nH]c(C(F)F)[n+]4C3CCCCO3)c(S(C)(=O)=O)c2)n1C. The van der Waals surface area contributed by atoms with E-state index in [9.17, 15) is 17.2 Å². The van der Waals surface area contributed by atoms with Gasteiger partial charge in [-0.1, -0.05) is 4.98 Å². The third kappa shape index (κ3) is 4.80. The number of nitrogens with one attached hydrogen (secondary N) is 2. The van der Waals surface area contributed by atoms with Crippen LogP contribution in [0, 0.1) is 6.92 Å². The molecule has 4 aromatic rings. The summed E-state index contributed by atoms with van der Waals surface area (Å²) in [5.74, 6) is 0.256. The number of rotatable bonds is 6. The third-order valence-electron chi connectivity index (χ3n) is 6.49. The zero-order valence-corrected chi connectivity index (χ0v) is 22.0. The van der Waals surface area contributed by atoms with E-state index in [4.69, 9.17) is 16.3 Å². The Morgan fingerprint density at radius 2 is 2.05 bits per heavy atom. The van der Waals surface area contributed by atoms with Crippen LogP contribution in [0.3, 0.4) is 0 Å². The summed E-state index contributed by atoms with van der Waals surface area (Å²) in [5, 5.41) is 3.14. The monoisotopic (exact) mass is 551 g/mol. The van der Waals surface area contributed by atoms with E-state index >= 15 is 0 Å². The van der Waals surface area contributed by atoms with E-state index in [0.29, 0.717) is 30.1 Å². The van der Waals surface area contributed by atoms with Gasteiger partial charge in [-0.2, -0.15) is 13.3 Å². The normalized spacial score (nSPS) is 16.6. The molecule has 1 fully saturated rings. The van der Waals surface area contributed by atoms with Crippen LogP contribution in [-0.4, -0.2) is 40.8 Å². The number of alkyl halides is 2. The smallest absolute Gasteiger partial charge is 0.322 e. The van der Waals surface area contributed by atoms with E-state index in [0.717, 1.165) is 24.8 Å². The molecule has 3 aromatic heterocycles. The highest BCUT2D eigenvalue weighted by atomic mass is 35.5. The fraction of sp³-hybridized carbons (Fsp3) is 0.375. The van der Waals surface area contributed by atoms with Gasteiger partial charge < -0.3 is 14.6 Å². The van der Waals surface area contributed by atoms with Crippen molar-refractivity contribution in [2.45, 2.75) is 43.7 Å². The summed E-state index contributed by atoms with van der Waals surface area (Å²) in [4.78, 5) is 11.5. The van der Waals surface area contributed by atoms with Gasteiger partial charge >= 0.3 is 12.1 Å². The van der Waals surface area contributed by atoms with Crippen LogP contribution in [0.15, 0.2) is 35.4 Å². The number of fused-ring (bicyclic) bond motifs is 1. The number of H-pyrrole nitrogens is 1. The number of sulfone groups is 1. The summed E-state index contributed by atoms with van der Waals surface area (Å²) >= 11 is 6.31. The molecular formula is C24H26ClF2N6O3S+. The average Bonchev–Trinajstić information content (AvgIpc) is 3.39. The third-order valence-corrected chi connectivity index (χ3v) is 7.82. The van der Waals surface area contributed by atoms with Crippen LogP contribution in [0.1, 0.15) is 43.4 Å². The lowest BCUT2D eigenvalue weighted by Crippen LogP contribution is -2.45. The molecule has 0 amide bonds. The van der Waals surface area contributed by atoms with E-state index in [-0.39, 0.29) is 32.7 Å². The van der Waals surface area contributed by atoms with Crippen molar-refractivity contribution in [2.75, 3.05) is 18.2 Å². The standard InChI is InChI=1S/C24H25ClF2N6O3S/c1-13-12-28-22(32(13)2)14-7-8-15(17(10-14)37(3,34)35)29-16-11-18(25)30-23-20(16)31-24(21(26)27)33(23)19-6-4-5-9-36-19/h7-8,10-12,19,21H,4-6,9H2,1-3H3,(H,28,29,30)/p+1. The molecule has 0 aliphatic carbocycles. The summed E-state index contributed by atoms with van der Waals surface area (Å²) in [5.41, 5.74) is 2.55. The summed E-state index contributed by atoms with van der Waals surface area (Å²) < 4.78 is 62.6. The number of hydrogen-bond acceptors (Lipinski definition) is 6. The topological polar surface area (TPSA) is 106 Å². The summed E-state index contributed by atoms with van der Waals surface area (Å²) in [6.45, 7) is 2.36. The Hall–Kier alpha value is -3.09. The van der Waals surface area contributed by atoms with Crippen molar-refractivity contribution < 1.29 is 26.5 Å². The van der Waals surface area contributed by atoms with Crippen molar-refractivity contribution in [3.05, 3.63) is 47.1 Å². The zero-order chi connectivity index (χ0) is 26.5. The summed E-state index contributed by atoms with van der Waals surface area (Å²) in [7, 11) is -1.85. The molecule has 0 spiro atoms. The van der Waals surface area contributed by atoms with Gasteiger partial charge in [0.1, 0.15) is 5.82 Å². The maximum atomic E-state index is 14.1. The molecule has 13 heteroatoms. The van der Waals surface area contributed by atoms with E-state index in [1.165, 1.54) is 16.7 Å². The van der Waals surface area contributed by atoms with Gasteiger partial charge in [0.25, 0.3) is 5.82 Å². The van der Waals surface area contributed by atoms with Crippen molar-refractivity contribution in [3.8, 4) is 11.4 Å². The van der Waals surface area contributed by atoms with Crippen molar-refractivity contribution >= 4 is 44.0 Å². The van der Waals surface area contributed by atoms with Crippen LogP contribution < -0.4 is 9.88 Å². The van der Waals surface area contributed by atoms with E-state index < -0.39 is 22.5 Å². The second kappa shape index (κ2) is 9.66. The van der Waals surface area contributed by atoms with E-state index in [2.05, 4.69) is 20.3 Å². The number of nitrogens with zero attached hydrogens (tertiary/aromatic N) is 4. The number of aryl methyl sites for hydroxylation is 1. The number of aromatic nitrogens is 5. The predicted octanol–water partition coefficient (Wildman–Crippen LogP) is 5.00. The molecule has 196 valence electrons. The minimum atomic E-state index is -3.69. The van der Waals surface area contributed by atoms with Crippen molar-refractivity contribution in [1.29, 1.82) is 0 Å². The summed E-state index contributed by atoms with van der Waals surface area (Å²) in [6.07, 6.45) is 1.62. The van der Waals surface area contributed by atoms with Crippen LogP contribution >= 0.6 is 11.6 Å². The second-order valence-electron chi connectivity index (χ2n) is 9.08. The minimum Gasteiger partial charge on any atom is -0.351 e. The van der Waals surface area contributed by atoms with E-state index in [1.807, 2.05) is 18.5 Å². The first-order valence-electron chi connectivity index (χ1n) is 11.7. The molecule has 0 radical (unpaired) electrons. The number of pyridine rings is 1. The number of anilines is 2. The molecule has 1 unspecified atom stereocenters. The lowest BCUT2D eigenvalue weighted by molar-refractivity contribution is -0.754. The largest absolute Gasteiger partial charge is 0.351 e. The molecule has 0 bridgehead atoms. The highest BCUT2D eigenvalue weighted by molar-refractivity contribution is 7.90. The van der Waals surface area contributed by atoms with Gasteiger partial charge in [-0.05, 0) is 49.6 Å². The second-order valence-corrected chi connectivity index (χ2v) is 11.5. The number of aromatic amines is 1. The Morgan fingerprint density at radius 1 is 1.27 bits per heavy atom. The van der Waals surface area contributed by atoms with E-state index in [1.54, 1.807) is 18.3 Å². The maximum absolute atomic E-state index is 14.1. The lowest BCUT2D eigenvalue weighted by Gasteiger charge is -2.21. The molecule has 37 heavy (non-hydrogen) atoms. The van der Waals surface area contributed by atoms with Crippen molar-refractivity contribution in [1.82, 2.24) is 19.5 Å². The Balaban J connectivity index is 1.64. The molecule has 0 saturated carbocycles. The fourth-order valence-corrected chi connectivity index (χ4v) is 5.61. The molecule has 1 aliphatic rings. The van der Waals surface area contributed by atoms with Crippen molar-refractivity contribution in [2.24, 2.45) is 7.05 Å². The van der Waals surface area contributed by atoms with Crippen LogP contribution in [0.25, 0.3) is 22.6 Å². The molecule has 4 heterocycles. The number of benzene rings is 1. The molecule has 1 atom stereocenters. The molecule has 5 rings (SSSR count). The van der Waals surface area contributed by atoms with Crippen LogP contribution in [0.5, 0.6) is 0 Å². The van der Waals surface area contributed by atoms with Crippen molar-refractivity contribution in [3.63, 3.8) is 0 Å². The number of halogens is 3. The summed E-state index contributed by atoms with van der Waals surface area (Å²) in [6, 6.07) is 6.36. The van der Waals surface area contributed by atoms with Gasteiger partial charge in [0.15, 0.2) is 21.6 Å². The maximum Gasteiger partial charge on any atom is 0.322 e. The molecular weight excluding hydrogens is 526 g/mol. The molecule has 1 saturated heterocycles. The Bertz CT molecular complexity index is 1600. The predicted molar refractivity (Wildman–Crippen MR) is 135 cm³/mol. The highest BCUT2D eigenvalue weighted by Crippen LogP contribution is 2.34. The molecule has 2 N–H and O–H groups in total. The fourth-order valence-electron chi connectivity index (χ4n) is 4.56. The van der Waals surface area contributed by atoms with Crippen LogP contribution in [-0.2, 0) is 21.6 Å². The Morgan fingerprint density at radius 3 is 2.68 bits per heavy atom. The van der Waals surface area contributed by atoms with Gasteiger partial charge in [-0.15, -0.1) is 0 Å². The number of ether oxygens (including phenoxy) is 1. The first-order valence-corrected chi connectivity index (χ1v) is 13.9. The minimum absolute atomic E-state index is 0.0240. The zero-order valence-electron chi connectivity index (χ0n) is 20.4. The number of hydrogen-bond donors (Lipinski definition) is 2. The molecule has 1 aliphatic heterocycles. The Labute approximate surface area is 217 Å². The van der Waals surface area contributed by atoms with Gasteiger partial charge in [0.05, 0.1) is 22.9 Å². The van der Waals surface area contributed by atoms with Crippen LogP contribution in [0.4, 0.5) is 20.2 Å². The number of imidazole rings is 2. The quantitative estimate of drug-likeness (QED) is 0.258. The van der Waals surface area contributed by atoms with Gasteiger partial charge in [-0.3, -0.25) is 4.98 Å². The lowest BCUT2D eigenvalue weighted by atomic mass is 10.2. The molecule has 9 nitrogen and oxygen atoms in total. The first-order chi connectivity index (χ1) is 17.5. The van der Waals surface area contributed by atoms with Gasteiger partial charge in [0.2, 0.25) is 5.15 Å². The molecule has 1 aromatic carbocycles. The highest BCUT2D eigenvalue weighted by Gasteiger charge is 2.34. The van der Waals surface area contributed by atoms with Gasteiger partial charge in [-0.25, -0.2) is 13.4 Å². The van der Waals surface area contributed by atoms with Crippen LogP contribution in [0.2, 0.25) is 5.15 Å².